The monoisotopic (exact) mass is 147 g/mol. The highest BCUT2D eigenvalue weighted by molar-refractivity contribution is 6.09. The molecular formula is C5H9NO4. The summed E-state index contributed by atoms with van der Waals surface area (Å²) in [5, 5.41) is 0. The van der Waals surface area contributed by atoms with Crippen molar-refractivity contribution in [2.24, 2.45) is 5.73 Å². The maximum atomic E-state index is 9.60. The molecule has 0 rings (SSSR count). The van der Waals surface area contributed by atoms with Crippen LogP contribution in [0.3, 0.4) is 0 Å². The molecule has 0 aliphatic heterocycles. The highest BCUT2D eigenvalue weighted by Gasteiger charge is 1.82. The van der Waals surface area contributed by atoms with Crippen molar-refractivity contribution in [2.75, 3.05) is 6.61 Å². The van der Waals surface area contributed by atoms with E-state index in [9.17, 15) is 4.79 Å². The van der Waals surface area contributed by atoms with Crippen molar-refractivity contribution in [3.8, 4) is 0 Å². The van der Waals surface area contributed by atoms with E-state index in [0.29, 0.717) is 6.61 Å². The topological polar surface area (TPSA) is 86.5 Å². The predicted octanol–water partition coefficient (Wildman–Crippen LogP) is -0.514. The Morgan fingerprint density at radius 1 is 1.50 bits per heavy atom. The van der Waals surface area contributed by atoms with Crippen LogP contribution in [0.1, 0.15) is 6.92 Å². The third-order valence-electron chi connectivity index (χ3n) is 0.342. The second-order valence-electron chi connectivity index (χ2n) is 1.02. The molecule has 5 nitrogen and oxygen atoms in total. The molecule has 0 aromatic heterocycles. The Kier molecular flexibility index (Phi) is 12.1. The lowest BCUT2D eigenvalue weighted by Crippen LogP contribution is -2.11. The minimum Gasteiger partial charge on any atom is -0.450 e. The van der Waals surface area contributed by atoms with Crippen molar-refractivity contribution in [2.45, 2.75) is 6.92 Å². The molecule has 0 aliphatic rings. The van der Waals surface area contributed by atoms with Crippen LogP contribution in [0.5, 0.6) is 0 Å². The Balaban J connectivity index is 0. The quantitative estimate of drug-likeness (QED) is 0.420. The van der Waals surface area contributed by atoms with Crippen molar-refractivity contribution in [1.29, 1.82) is 0 Å². The summed E-state index contributed by atoms with van der Waals surface area (Å²) in [5.41, 5.74) is 4.54. The molecule has 0 saturated heterocycles. The van der Waals surface area contributed by atoms with Crippen LogP contribution in [0.25, 0.3) is 0 Å². The molecule has 0 aromatic carbocycles. The van der Waals surface area contributed by atoms with E-state index in [1.807, 2.05) is 0 Å². The Morgan fingerprint density at radius 3 is 1.90 bits per heavy atom. The molecule has 0 heterocycles. The summed E-state index contributed by atoms with van der Waals surface area (Å²) in [6, 6.07) is 0. The van der Waals surface area contributed by atoms with Crippen LogP contribution in [0.2, 0.25) is 0 Å². The van der Waals surface area contributed by atoms with Gasteiger partial charge in [0.2, 0.25) is 0 Å². The SMILES string of the molecule is CCOC(N)=O.O=CC=O. The second-order valence-corrected chi connectivity index (χ2v) is 1.02. The number of amides is 1. The van der Waals surface area contributed by atoms with Crippen LogP contribution in [0.15, 0.2) is 0 Å². The van der Waals surface area contributed by atoms with Gasteiger partial charge in [-0.05, 0) is 6.92 Å². The van der Waals surface area contributed by atoms with Crippen LogP contribution < -0.4 is 5.73 Å². The van der Waals surface area contributed by atoms with Crippen molar-refractivity contribution < 1.29 is 19.1 Å². The van der Waals surface area contributed by atoms with E-state index in [-0.39, 0.29) is 12.6 Å². The van der Waals surface area contributed by atoms with Crippen LogP contribution in [0, 0.1) is 0 Å². The third-order valence-corrected chi connectivity index (χ3v) is 0.342. The van der Waals surface area contributed by atoms with Gasteiger partial charge in [-0.1, -0.05) is 0 Å². The molecule has 0 bridgehead atoms. The standard InChI is InChI=1S/C3H7NO2.C2H2O2/c1-2-6-3(4)5;3-1-2-4/h2H2,1H3,(H2,4,5);1-2H. The first-order valence-corrected chi connectivity index (χ1v) is 2.50. The average Bonchev–Trinajstić information content (AvgIpc) is 1.89. The molecular weight excluding hydrogens is 138 g/mol. The van der Waals surface area contributed by atoms with E-state index in [1.54, 1.807) is 6.92 Å². The largest absolute Gasteiger partial charge is 0.450 e. The maximum absolute atomic E-state index is 9.60. The fourth-order valence-corrected chi connectivity index (χ4v) is 0.142. The molecule has 0 radical (unpaired) electrons. The van der Waals surface area contributed by atoms with Crippen LogP contribution in [-0.2, 0) is 14.3 Å². The van der Waals surface area contributed by atoms with Gasteiger partial charge in [0.25, 0.3) is 0 Å². The molecule has 0 atom stereocenters. The predicted molar refractivity (Wildman–Crippen MR) is 33.3 cm³/mol. The lowest BCUT2D eigenvalue weighted by Gasteiger charge is -1.89. The number of hydrogen-bond acceptors (Lipinski definition) is 4. The molecule has 0 spiro atoms. The highest BCUT2D eigenvalue weighted by atomic mass is 16.5. The molecule has 10 heavy (non-hydrogen) atoms. The number of nitrogens with two attached hydrogens (primary N) is 1. The number of aldehydes is 2. The second kappa shape index (κ2) is 10.6. The summed E-state index contributed by atoms with van der Waals surface area (Å²) in [6.45, 7) is 2.06. The molecule has 0 saturated carbocycles. The number of rotatable bonds is 2. The third kappa shape index (κ3) is 30.5. The smallest absolute Gasteiger partial charge is 0.404 e. The van der Waals surface area contributed by atoms with E-state index in [2.05, 4.69) is 10.5 Å². The normalized spacial score (nSPS) is 6.50. The minimum absolute atomic E-state index is 0.194. The van der Waals surface area contributed by atoms with Gasteiger partial charge in [-0.15, -0.1) is 0 Å². The fourth-order valence-electron chi connectivity index (χ4n) is 0.142. The number of hydrogen-bond donors (Lipinski definition) is 1. The molecule has 0 unspecified atom stereocenters. The minimum atomic E-state index is -0.711. The summed E-state index contributed by atoms with van der Waals surface area (Å²) in [5.74, 6) is 0. The van der Waals surface area contributed by atoms with Gasteiger partial charge in [0, 0.05) is 0 Å². The van der Waals surface area contributed by atoms with Gasteiger partial charge in [-0.3, -0.25) is 9.59 Å². The van der Waals surface area contributed by atoms with Crippen molar-refractivity contribution in [3.05, 3.63) is 0 Å². The van der Waals surface area contributed by atoms with E-state index in [1.165, 1.54) is 0 Å². The van der Waals surface area contributed by atoms with E-state index < -0.39 is 6.09 Å². The van der Waals surface area contributed by atoms with Gasteiger partial charge in [0.1, 0.15) is 0 Å². The lowest BCUT2D eigenvalue weighted by atomic mass is 10.9. The Labute approximate surface area is 58.1 Å². The Bertz CT molecular complexity index is 106. The molecule has 2 N–H and O–H groups in total. The fraction of sp³-hybridized carbons (Fsp3) is 0.400. The summed E-state index contributed by atoms with van der Waals surface area (Å²) < 4.78 is 4.18. The zero-order valence-corrected chi connectivity index (χ0v) is 5.57. The van der Waals surface area contributed by atoms with Crippen LogP contribution in [0.4, 0.5) is 4.79 Å². The average molecular weight is 147 g/mol. The first-order valence-electron chi connectivity index (χ1n) is 2.50. The van der Waals surface area contributed by atoms with E-state index in [0.717, 1.165) is 0 Å². The van der Waals surface area contributed by atoms with E-state index >= 15 is 0 Å². The van der Waals surface area contributed by atoms with Gasteiger partial charge < -0.3 is 10.5 Å². The maximum Gasteiger partial charge on any atom is 0.404 e. The van der Waals surface area contributed by atoms with E-state index in [4.69, 9.17) is 9.59 Å². The number of carbonyl (C=O) groups is 3. The number of primary amides is 1. The molecule has 0 aromatic rings. The summed E-state index contributed by atoms with van der Waals surface area (Å²) in [6.07, 6.45) is -0.322. The first-order chi connectivity index (χ1) is 4.68. The number of carbonyl (C=O) groups excluding carboxylic acids is 3. The molecule has 5 heteroatoms. The Morgan fingerprint density at radius 2 is 1.90 bits per heavy atom. The summed E-state index contributed by atoms with van der Waals surface area (Å²) in [7, 11) is 0. The molecule has 1 amide bonds. The first kappa shape index (κ1) is 11.4. The van der Waals surface area contributed by atoms with Gasteiger partial charge >= 0.3 is 6.09 Å². The van der Waals surface area contributed by atoms with Crippen molar-refractivity contribution in [1.82, 2.24) is 0 Å². The summed E-state index contributed by atoms with van der Waals surface area (Å²) >= 11 is 0. The van der Waals surface area contributed by atoms with Crippen LogP contribution in [-0.4, -0.2) is 25.3 Å². The molecule has 0 fully saturated rings. The lowest BCUT2D eigenvalue weighted by molar-refractivity contribution is -0.122. The van der Waals surface area contributed by atoms with Crippen molar-refractivity contribution in [3.63, 3.8) is 0 Å². The zero-order valence-electron chi connectivity index (χ0n) is 5.57. The number of ether oxygens (including phenoxy) is 1. The van der Waals surface area contributed by atoms with Gasteiger partial charge in [-0.25, -0.2) is 4.79 Å². The van der Waals surface area contributed by atoms with Gasteiger partial charge in [0.15, 0.2) is 12.6 Å². The van der Waals surface area contributed by atoms with Gasteiger partial charge in [0.05, 0.1) is 6.61 Å². The zero-order chi connectivity index (χ0) is 8.41. The highest BCUT2D eigenvalue weighted by Crippen LogP contribution is 1.66. The van der Waals surface area contributed by atoms with Gasteiger partial charge in [-0.2, -0.15) is 0 Å². The molecule has 0 aliphatic carbocycles. The van der Waals surface area contributed by atoms with Crippen LogP contribution >= 0.6 is 0 Å². The summed E-state index contributed by atoms with van der Waals surface area (Å²) in [4.78, 5) is 27.2. The van der Waals surface area contributed by atoms with Crippen molar-refractivity contribution >= 4 is 18.7 Å². The molecule has 58 valence electrons. The Hall–Kier alpha value is -1.39.